The fourth-order valence-electron chi connectivity index (χ4n) is 1.79. The largest absolute Gasteiger partial charge is 0.359 e. The summed E-state index contributed by atoms with van der Waals surface area (Å²) in [4.78, 5) is 0. The zero-order valence-corrected chi connectivity index (χ0v) is 10.5. The zero-order chi connectivity index (χ0) is 12.3. The maximum atomic E-state index is 12.5. The van der Waals surface area contributed by atoms with Crippen LogP contribution in [0.3, 0.4) is 0 Å². The average molecular weight is 252 g/mol. The van der Waals surface area contributed by atoms with Crippen LogP contribution in [0.5, 0.6) is 0 Å². The van der Waals surface area contributed by atoms with Crippen LogP contribution in [0.1, 0.15) is 0 Å². The van der Waals surface area contributed by atoms with Crippen molar-refractivity contribution >= 4 is 14.7 Å². The Kier molecular flexibility index (Phi) is 3.33. The van der Waals surface area contributed by atoms with Crippen LogP contribution in [0.25, 0.3) is 11.1 Å². The first-order valence-corrected chi connectivity index (χ1v) is 6.68. The van der Waals surface area contributed by atoms with E-state index in [1.807, 2.05) is 30.3 Å². The molecule has 0 saturated carbocycles. The molecule has 0 aliphatic carbocycles. The molecule has 0 aliphatic rings. The number of hydrogen-bond acceptors (Lipinski definition) is 0. The Bertz CT molecular complexity index is 492. The van der Waals surface area contributed by atoms with Crippen LogP contribution in [0, 0.1) is 0 Å². The molecule has 0 N–H and O–H groups in total. The lowest BCUT2D eigenvalue weighted by Crippen LogP contribution is -2.31. The van der Waals surface area contributed by atoms with Crippen LogP contribution < -0.4 is 5.19 Å². The van der Waals surface area contributed by atoms with Crippen LogP contribution >= 0.6 is 0 Å². The second-order valence-electron chi connectivity index (χ2n) is 3.82. The number of rotatable bonds is 2. The van der Waals surface area contributed by atoms with E-state index in [1.165, 1.54) is 0 Å². The standard InChI is InChI=1S/C13H11F3Si/c14-13(15,16)17-12-9-5-4-8-11(12)10-6-2-1-3-7-10/h1-9H,17H2. The molecule has 0 atom stereocenters. The van der Waals surface area contributed by atoms with E-state index in [2.05, 4.69) is 0 Å². The lowest BCUT2D eigenvalue weighted by molar-refractivity contribution is -0.0455. The van der Waals surface area contributed by atoms with Gasteiger partial charge in [-0.25, -0.2) is 0 Å². The van der Waals surface area contributed by atoms with Crippen molar-refractivity contribution in [2.45, 2.75) is 5.80 Å². The van der Waals surface area contributed by atoms with Crippen molar-refractivity contribution in [1.82, 2.24) is 0 Å². The molecule has 0 bridgehead atoms. The molecule has 0 spiro atoms. The van der Waals surface area contributed by atoms with Gasteiger partial charge in [-0.1, -0.05) is 54.6 Å². The maximum Gasteiger partial charge on any atom is 0.359 e. The van der Waals surface area contributed by atoms with Gasteiger partial charge in [-0.05, 0) is 16.3 Å². The lowest BCUT2D eigenvalue weighted by Gasteiger charge is -2.11. The van der Waals surface area contributed by atoms with Crippen molar-refractivity contribution in [2.24, 2.45) is 0 Å². The summed E-state index contributed by atoms with van der Waals surface area (Å²) in [6, 6.07) is 16.0. The van der Waals surface area contributed by atoms with Crippen LogP contribution in [-0.4, -0.2) is 15.3 Å². The van der Waals surface area contributed by atoms with Crippen LogP contribution in [-0.2, 0) is 0 Å². The molecule has 4 heteroatoms. The Labute approximate surface area is 99.9 Å². The highest BCUT2D eigenvalue weighted by Crippen LogP contribution is 2.19. The molecule has 0 aromatic heterocycles. The van der Waals surface area contributed by atoms with Crippen molar-refractivity contribution < 1.29 is 13.2 Å². The zero-order valence-electron chi connectivity index (χ0n) is 9.04. The van der Waals surface area contributed by atoms with Crippen molar-refractivity contribution in [3.63, 3.8) is 0 Å². The molecular weight excluding hydrogens is 241 g/mol. The summed E-state index contributed by atoms with van der Waals surface area (Å²) >= 11 is 0. The van der Waals surface area contributed by atoms with E-state index >= 15 is 0 Å². The average Bonchev–Trinajstić information content (AvgIpc) is 2.29. The first-order valence-electron chi connectivity index (χ1n) is 5.26. The Morgan fingerprint density at radius 3 is 2.00 bits per heavy atom. The van der Waals surface area contributed by atoms with E-state index in [1.54, 1.807) is 24.3 Å². The third-order valence-corrected chi connectivity index (χ3v) is 3.89. The van der Waals surface area contributed by atoms with Gasteiger partial charge in [0.25, 0.3) is 0 Å². The van der Waals surface area contributed by atoms with E-state index in [9.17, 15) is 13.2 Å². The fourth-order valence-corrected chi connectivity index (χ4v) is 2.99. The van der Waals surface area contributed by atoms with Gasteiger partial charge in [-0.15, -0.1) is 0 Å². The molecular formula is C13H11F3Si. The smallest absolute Gasteiger partial charge is 0.177 e. The second-order valence-corrected chi connectivity index (χ2v) is 5.73. The molecule has 0 heterocycles. The Balaban J connectivity index is 2.41. The molecule has 17 heavy (non-hydrogen) atoms. The molecule has 2 aromatic rings. The fraction of sp³-hybridized carbons (Fsp3) is 0.0769. The summed E-state index contributed by atoms with van der Waals surface area (Å²) in [6.07, 6.45) is 0. The molecule has 0 unspecified atom stereocenters. The predicted octanol–water partition coefficient (Wildman–Crippen LogP) is 2.67. The Hall–Kier alpha value is -1.55. The first kappa shape index (κ1) is 11.9. The van der Waals surface area contributed by atoms with E-state index in [0.717, 1.165) is 5.56 Å². The van der Waals surface area contributed by atoms with Crippen molar-refractivity contribution in [3.8, 4) is 11.1 Å². The van der Waals surface area contributed by atoms with Crippen LogP contribution in [0.15, 0.2) is 54.6 Å². The van der Waals surface area contributed by atoms with Crippen molar-refractivity contribution in [3.05, 3.63) is 54.6 Å². The van der Waals surface area contributed by atoms with Gasteiger partial charge in [0.05, 0.1) is 0 Å². The van der Waals surface area contributed by atoms with E-state index < -0.39 is 15.3 Å². The number of benzene rings is 2. The second kappa shape index (κ2) is 4.75. The molecule has 0 radical (unpaired) electrons. The van der Waals surface area contributed by atoms with E-state index in [0.29, 0.717) is 10.8 Å². The molecule has 0 aliphatic heterocycles. The van der Waals surface area contributed by atoms with E-state index in [-0.39, 0.29) is 0 Å². The summed E-state index contributed by atoms with van der Waals surface area (Å²) in [5.41, 5.74) is 1.55. The van der Waals surface area contributed by atoms with Gasteiger partial charge < -0.3 is 0 Å². The third-order valence-electron chi connectivity index (χ3n) is 2.49. The normalized spacial score (nSPS) is 12.2. The summed E-state index contributed by atoms with van der Waals surface area (Å²) in [6.45, 7) is 0. The third kappa shape index (κ3) is 3.20. The number of alkyl halides is 3. The molecule has 0 saturated heterocycles. The molecule has 0 amide bonds. The molecule has 2 rings (SSSR count). The van der Waals surface area contributed by atoms with Crippen molar-refractivity contribution in [1.29, 1.82) is 0 Å². The summed E-state index contributed by atoms with van der Waals surface area (Å²) < 4.78 is 37.5. The molecule has 88 valence electrons. The highest BCUT2D eigenvalue weighted by Gasteiger charge is 2.29. The molecule has 0 fully saturated rings. The van der Waals surface area contributed by atoms with Gasteiger partial charge in [0.2, 0.25) is 0 Å². The Morgan fingerprint density at radius 2 is 1.35 bits per heavy atom. The molecule has 2 aromatic carbocycles. The van der Waals surface area contributed by atoms with Crippen molar-refractivity contribution in [2.75, 3.05) is 0 Å². The maximum absolute atomic E-state index is 12.5. The SMILES string of the molecule is FC(F)(F)[SiH2]c1ccccc1-c1ccccc1. The van der Waals surface area contributed by atoms with Gasteiger partial charge in [-0.2, -0.15) is 13.2 Å². The Morgan fingerprint density at radius 1 is 0.765 bits per heavy atom. The van der Waals surface area contributed by atoms with Gasteiger partial charge in [-0.3, -0.25) is 0 Å². The summed E-state index contributed by atoms with van der Waals surface area (Å²) in [5, 5.41) is 0.450. The minimum atomic E-state index is -4.04. The topological polar surface area (TPSA) is 0 Å². The summed E-state index contributed by atoms with van der Waals surface area (Å²) in [7, 11) is -2.25. The van der Waals surface area contributed by atoms with E-state index in [4.69, 9.17) is 0 Å². The number of hydrogen-bond donors (Lipinski definition) is 0. The highest BCUT2D eigenvalue weighted by atomic mass is 28.2. The summed E-state index contributed by atoms with van der Waals surface area (Å²) in [5.74, 6) is -4.04. The van der Waals surface area contributed by atoms with Crippen LogP contribution in [0.4, 0.5) is 13.2 Å². The van der Waals surface area contributed by atoms with Gasteiger partial charge in [0.15, 0.2) is 9.52 Å². The van der Waals surface area contributed by atoms with Gasteiger partial charge in [0.1, 0.15) is 0 Å². The van der Waals surface area contributed by atoms with Gasteiger partial charge in [0, 0.05) is 0 Å². The minimum absolute atomic E-state index is 0.450. The van der Waals surface area contributed by atoms with Crippen LogP contribution in [0.2, 0.25) is 0 Å². The lowest BCUT2D eigenvalue weighted by atomic mass is 10.1. The minimum Gasteiger partial charge on any atom is -0.177 e. The predicted molar refractivity (Wildman–Crippen MR) is 66.1 cm³/mol. The molecule has 0 nitrogen and oxygen atoms in total. The first-order chi connectivity index (χ1) is 8.06. The van der Waals surface area contributed by atoms with Gasteiger partial charge >= 0.3 is 5.80 Å². The highest BCUT2D eigenvalue weighted by molar-refractivity contribution is 6.57. The quantitative estimate of drug-likeness (QED) is 0.721. The number of halogens is 3. The monoisotopic (exact) mass is 252 g/mol.